The molecule has 0 bridgehead atoms. The lowest BCUT2D eigenvalue weighted by Crippen LogP contribution is -2.00. The lowest BCUT2D eigenvalue weighted by molar-refractivity contribution is 0.450. The summed E-state index contributed by atoms with van der Waals surface area (Å²) in [7, 11) is 0. The van der Waals surface area contributed by atoms with Gasteiger partial charge >= 0.3 is 0 Å². The number of aromatic nitrogens is 1. The van der Waals surface area contributed by atoms with E-state index in [0.717, 1.165) is 0 Å². The third-order valence-electron chi connectivity index (χ3n) is 2.25. The van der Waals surface area contributed by atoms with E-state index >= 15 is 0 Å². The molecule has 0 saturated heterocycles. The van der Waals surface area contributed by atoms with Gasteiger partial charge in [0.1, 0.15) is 5.02 Å². The van der Waals surface area contributed by atoms with Crippen LogP contribution in [0.25, 0.3) is 11.1 Å². The Hall–Kier alpha value is -0.680. The second-order valence-electron chi connectivity index (χ2n) is 3.44. The molecule has 0 N–H and O–H groups in total. The van der Waals surface area contributed by atoms with Crippen molar-refractivity contribution in [2.75, 3.05) is 0 Å². The lowest BCUT2D eigenvalue weighted by atomic mass is 10.1. The van der Waals surface area contributed by atoms with E-state index in [9.17, 15) is 13.2 Å². The second-order valence-corrected chi connectivity index (χ2v) is 5.07. The van der Waals surface area contributed by atoms with Crippen molar-refractivity contribution < 1.29 is 13.2 Å². The number of hydrogen-bond donors (Lipinski definition) is 0. The molecule has 0 aliphatic heterocycles. The first kappa shape index (κ1) is 14.7. The molecule has 19 heavy (non-hydrogen) atoms. The van der Waals surface area contributed by atoms with Crippen LogP contribution in [0.3, 0.4) is 0 Å². The molecule has 0 aliphatic carbocycles. The first-order chi connectivity index (χ1) is 8.82. The molecule has 2 rings (SSSR count). The summed E-state index contributed by atoms with van der Waals surface area (Å²) in [5, 5.41) is -0.720. The number of hydrogen-bond acceptors (Lipinski definition) is 1. The standard InChI is InChI=1S/C11H2Cl4F3N/c12-3-1-4(13)6(5(14)2-3)7-8(15)10(17)19-11(18)9(7)16/h1-2H. The summed E-state index contributed by atoms with van der Waals surface area (Å²) in [4.78, 5) is 2.68. The van der Waals surface area contributed by atoms with E-state index in [2.05, 4.69) is 4.98 Å². The fraction of sp³-hybridized carbons (Fsp3) is 0. The molecule has 1 aromatic heterocycles. The average molecular weight is 347 g/mol. The van der Waals surface area contributed by atoms with Crippen LogP contribution in [-0.2, 0) is 0 Å². The molecule has 8 heteroatoms. The van der Waals surface area contributed by atoms with Crippen LogP contribution in [0.4, 0.5) is 13.2 Å². The molecule has 0 unspecified atom stereocenters. The Morgan fingerprint density at radius 2 is 1.32 bits per heavy atom. The van der Waals surface area contributed by atoms with Gasteiger partial charge in [-0.3, -0.25) is 0 Å². The second kappa shape index (κ2) is 5.37. The number of benzene rings is 1. The summed E-state index contributed by atoms with van der Waals surface area (Å²) in [6.07, 6.45) is 0. The first-order valence-corrected chi connectivity index (χ1v) is 6.19. The highest BCUT2D eigenvalue weighted by Gasteiger charge is 2.24. The van der Waals surface area contributed by atoms with Crippen LogP contribution < -0.4 is 0 Å². The van der Waals surface area contributed by atoms with Crippen LogP contribution in [0, 0.1) is 17.7 Å². The lowest BCUT2D eigenvalue weighted by Gasteiger charge is -2.11. The quantitative estimate of drug-likeness (QED) is 0.596. The molecule has 0 atom stereocenters. The third kappa shape index (κ3) is 2.63. The van der Waals surface area contributed by atoms with Crippen molar-refractivity contribution in [1.82, 2.24) is 4.98 Å². The summed E-state index contributed by atoms with van der Waals surface area (Å²) in [6, 6.07) is 2.49. The molecule has 1 aromatic carbocycles. The maximum absolute atomic E-state index is 13.7. The van der Waals surface area contributed by atoms with Gasteiger partial charge in [0, 0.05) is 16.1 Å². The smallest absolute Gasteiger partial charge is 0.201 e. The molecule has 1 nitrogen and oxygen atoms in total. The third-order valence-corrected chi connectivity index (χ3v) is 3.41. The monoisotopic (exact) mass is 345 g/mol. The average Bonchev–Trinajstić information content (AvgIpc) is 2.30. The molecule has 100 valence electrons. The molecule has 1 heterocycles. The fourth-order valence-corrected chi connectivity index (χ4v) is 2.71. The highest BCUT2D eigenvalue weighted by atomic mass is 35.5. The molecular formula is C11H2Cl4F3N. The minimum atomic E-state index is -1.64. The Morgan fingerprint density at radius 3 is 1.84 bits per heavy atom. The van der Waals surface area contributed by atoms with E-state index in [0.29, 0.717) is 0 Å². The molecule has 0 amide bonds. The van der Waals surface area contributed by atoms with Crippen molar-refractivity contribution in [3.8, 4) is 11.1 Å². The zero-order chi connectivity index (χ0) is 14.3. The van der Waals surface area contributed by atoms with Gasteiger partial charge in [-0.15, -0.1) is 0 Å². The zero-order valence-electron chi connectivity index (χ0n) is 8.75. The summed E-state index contributed by atoms with van der Waals surface area (Å²) >= 11 is 23.0. The molecule has 2 aromatic rings. The molecule has 0 saturated carbocycles. The van der Waals surface area contributed by atoms with Crippen LogP contribution in [0.15, 0.2) is 12.1 Å². The van der Waals surface area contributed by atoms with Crippen LogP contribution in [0.1, 0.15) is 0 Å². The number of nitrogens with zero attached hydrogens (tertiary/aromatic N) is 1. The predicted octanol–water partition coefficient (Wildman–Crippen LogP) is 5.78. The van der Waals surface area contributed by atoms with Crippen LogP contribution in [-0.4, -0.2) is 4.98 Å². The van der Waals surface area contributed by atoms with Crippen molar-refractivity contribution in [2.45, 2.75) is 0 Å². The maximum atomic E-state index is 13.7. The van der Waals surface area contributed by atoms with Gasteiger partial charge in [-0.2, -0.15) is 13.8 Å². The van der Waals surface area contributed by atoms with Crippen molar-refractivity contribution >= 4 is 46.4 Å². The predicted molar refractivity (Wildman–Crippen MR) is 69.6 cm³/mol. The molecule has 0 fully saturated rings. The largest absolute Gasteiger partial charge is 0.252 e. The van der Waals surface area contributed by atoms with Gasteiger partial charge in [0.2, 0.25) is 5.95 Å². The Balaban J connectivity index is 2.87. The van der Waals surface area contributed by atoms with Gasteiger partial charge in [0.05, 0.1) is 10.0 Å². The highest BCUT2D eigenvalue weighted by molar-refractivity contribution is 6.43. The SMILES string of the molecule is Fc1nc(F)c(Cl)c(-c2c(Cl)cc(Cl)cc2Cl)c1F. The van der Waals surface area contributed by atoms with E-state index in [1.54, 1.807) is 0 Å². The van der Waals surface area contributed by atoms with Gasteiger partial charge in [0.15, 0.2) is 5.82 Å². The Morgan fingerprint density at radius 1 is 0.789 bits per heavy atom. The fourth-order valence-electron chi connectivity index (χ4n) is 1.49. The summed E-state index contributed by atoms with van der Waals surface area (Å²) < 4.78 is 40.2. The Kier molecular flexibility index (Phi) is 4.16. The maximum Gasteiger partial charge on any atom is 0.252 e. The van der Waals surface area contributed by atoms with Crippen LogP contribution in [0.5, 0.6) is 0 Å². The van der Waals surface area contributed by atoms with E-state index < -0.39 is 28.3 Å². The van der Waals surface area contributed by atoms with Gasteiger partial charge in [0.25, 0.3) is 5.95 Å². The highest BCUT2D eigenvalue weighted by Crippen LogP contribution is 2.42. The van der Waals surface area contributed by atoms with Crippen LogP contribution in [0.2, 0.25) is 20.1 Å². The topological polar surface area (TPSA) is 12.9 Å². The normalized spacial score (nSPS) is 10.9. The van der Waals surface area contributed by atoms with Gasteiger partial charge in [-0.25, -0.2) is 4.39 Å². The summed E-state index contributed by atoms with van der Waals surface area (Å²) in [5.74, 6) is -4.45. The molecule has 0 radical (unpaired) electrons. The zero-order valence-corrected chi connectivity index (χ0v) is 11.8. The number of halogens is 7. The van der Waals surface area contributed by atoms with E-state index in [1.165, 1.54) is 12.1 Å². The van der Waals surface area contributed by atoms with Crippen molar-refractivity contribution in [3.63, 3.8) is 0 Å². The molecule has 0 spiro atoms. The first-order valence-electron chi connectivity index (χ1n) is 4.67. The minimum Gasteiger partial charge on any atom is -0.201 e. The summed E-state index contributed by atoms with van der Waals surface area (Å²) in [6.45, 7) is 0. The van der Waals surface area contributed by atoms with E-state index in [4.69, 9.17) is 46.4 Å². The van der Waals surface area contributed by atoms with Crippen molar-refractivity contribution in [3.05, 3.63) is 49.9 Å². The van der Waals surface area contributed by atoms with Crippen molar-refractivity contribution in [2.24, 2.45) is 0 Å². The van der Waals surface area contributed by atoms with Gasteiger partial charge in [-0.05, 0) is 12.1 Å². The van der Waals surface area contributed by atoms with Gasteiger partial charge < -0.3 is 0 Å². The molecular weight excluding hydrogens is 345 g/mol. The van der Waals surface area contributed by atoms with E-state index in [-0.39, 0.29) is 20.6 Å². The Bertz CT molecular complexity index is 626. The minimum absolute atomic E-state index is 0.0942. The number of rotatable bonds is 1. The van der Waals surface area contributed by atoms with Gasteiger partial charge in [-0.1, -0.05) is 46.4 Å². The molecule has 0 aliphatic rings. The number of pyridine rings is 1. The Labute approximate surface area is 125 Å². The van der Waals surface area contributed by atoms with Crippen molar-refractivity contribution in [1.29, 1.82) is 0 Å². The van der Waals surface area contributed by atoms with Crippen LogP contribution >= 0.6 is 46.4 Å². The van der Waals surface area contributed by atoms with E-state index in [1.807, 2.05) is 0 Å². The summed E-state index contributed by atoms with van der Waals surface area (Å²) in [5.41, 5.74) is -0.756.